The average molecular weight is 356 g/mol. The maximum absolute atomic E-state index is 12.7. The third kappa shape index (κ3) is 4.43. The lowest BCUT2D eigenvalue weighted by molar-refractivity contribution is -0.155. The molecule has 0 atom stereocenters. The van der Waals surface area contributed by atoms with Crippen LogP contribution in [0.3, 0.4) is 0 Å². The number of benzene rings is 1. The van der Waals surface area contributed by atoms with Crippen LogP contribution in [0.15, 0.2) is 18.2 Å². The molecule has 0 bridgehead atoms. The van der Waals surface area contributed by atoms with Crippen LogP contribution in [0.25, 0.3) is 0 Å². The summed E-state index contributed by atoms with van der Waals surface area (Å²) >= 11 is 0. The molecular weight excluding hydrogens is 341 g/mol. The third-order valence-electron chi connectivity index (χ3n) is 4.02. The fourth-order valence-corrected chi connectivity index (χ4v) is 2.59. The Morgan fingerprint density at radius 3 is 2.36 bits per heavy atom. The number of primary amides is 1. The Bertz CT molecular complexity index is 739. The molecule has 0 saturated heterocycles. The zero-order valence-electron chi connectivity index (χ0n) is 13.0. The number of carbonyl (C=O) groups is 4. The summed E-state index contributed by atoms with van der Waals surface area (Å²) in [6.45, 7) is 0. The van der Waals surface area contributed by atoms with Gasteiger partial charge in [-0.3, -0.25) is 19.2 Å². The molecular formula is C16H15F3N2O4. The van der Waals surface area contributed by atoms with Crippen molar-refractivity contribution < 1.29 is 32.3 Å². The minimum atomic E-state index is -4.51. The maximum atomic E-state index is 12.7. The van der Waals surface area contributed by atoms with Gasteiger partial charge < -0.3 is 11.1 Å². The van der Waals surface area contributed by atoms with Crippen molar-refractivity contribution in [3.8, 4) is 0 Å². The number of anilines is 1. The Morgan fingerprint density at radius 2 is 1.88 bits per heavy atom. The largest absolute Gasteiger partial charge is 0.390 e. The Balaban J connectivity index is 2.34. The van der Waals surface area contributed by atoms with Crippen molar-refractivity contribution >= 4 is 29.6 Å². The first-order chi connectivity index (χ1) is 11.6. The predicted molar refractivity (Wildman–Crippen MR) is 80.7 cm³/mol. The molecule has 1 aromatic carbocycles. The third-order valence-corrected chi connectivity index (χ3v) is 4.02. The fraction of sp³-hybridized carbons (Fsp3) is 0.375. The summed E-state index contributed by atoms with van der Waals surface area (Å²) in [7, 11) is 0. The van der Waals surface area contributed by atoms with Gasteiger partial charge in [-0.2, -0.15) is 13.2 Å². The molecule has 0 radical (unpaired) electrons. The quantitative estimate of drug-likeness (QED) is 0.573. The van der Waals surface area contributed by atoms with Gasteiger partial charge in [-0.25, -0.2) is 0 Å². The average Bonchev–Trinajstić information content (AvgIpc) is 3.27. The normalized spacial score (nSPS) is 15.3. The summed E-state index contributed by atoms with van der Waals surface area (Å²) in [4.78, 5) is 45.8. The molecule has 1 aromatic rings. The van der Waals surface area contributed by atoms with Gasteiger partial charge in [0.1, 0.15) is 0 Å². The number of hydrogen-bond donors (Lipinski definition) is 2. The van der Waals surface area contributed by atoms with Crippen LogP contribution in [0, 0.1) is 5.41 Å². The SMILES string of the molecule is NC(=O)c1cccc(CC(=O)C=O)c1NC(=O)C1(CC(F)(F)F)CC1. The highest BCUT2D eigenvalue weighted by molar-refractivity contribution is 6.26. The van der Waals surface area contributed by atoms with Crippen LogP contribution >= 0.6 is 0 Å². The number of nitrogens with one attached hydrogen (secondary N) is 1. The molecule has 0 unspecified atom stereocenters. The van der Waals surface area contributed by atoms with Crippen LogP contribution in [0.5, 0.6) is 0 Å². The molecule has 1 fully saturated rings. The van der Waals surface area contributed by atoms with Crippen LogP contribution in [0.2, 0.25) is 0 Å². The highest BCUT2D eigenvalue weighted by Gasteiger charge is 2.56. The van der Waals surface area contributed by atoms with Crippen molar-refractivity contribution in [2.75, 3.05) is 5.32 Å². The Morgan fingerprint density at radius 1 is 1.24 bits per heavy atom. The molecule has 25 heavy (non-hydrogen) atoms. The van der Waals surface area contributed by atoms with E-state index in [0.29, 0.717) is 0 Å². The molecule has 1 aliphatic rings. The van der Waals surface area contributed by atoms with Crippen LogP contribution in [0.1, 0.15) is 35.2 Å². The van der Waals surface area contributed by atoms with Gasteiger partial charge in [-0.15, -0.1) is 0 Å². The zero-order chi connectivity index (χ0) is 18.8. The van der Waals surface area contributed by atoms with E-state index < -0.39 is 42.0 Å². The highest BCUT2D eigenvalue weighted by atomic mass is 19.4. The number of rotatable bonds is 7. The van der Waals surface area contributed by atoms with E-state index in [1.165, 1.54) is 18.2 Å². The number of ketones is 1. The summed E-state index contributed by atoms with van der Waals surface area (Å²) in [5.74, 6) is -2.62. The number of para-hydroxylation sites is 1. The first-order valence-electron chi connectivity index (χ1n) is 7.36. The number of hydrogen-bond acceptors (Lipinski definition) is 4. The number of Topliss-reactive ketones (excluding diaryl/α,β-unsaturated/α-hetero) is 1. The smallest absolute Gasteiger partial charge is 0.366 e. The van der Waals surface area contributed by atoms with E-state index in [4.69, 9.17) is 5.73 Å². The molecule has 1 aliphatic carbocycles. The second-order valence-corrected chi connectivity index (χ2v) is 5.99. The van der Waals surface area contributed by atoms with E-state index in [2.05, 4.69) is 5.32 Å². The van der Waals surface area contributed by atoms with Gasteiger partial charge in [0.15, 0.2) is 12.1 Å². The number of amides is 2. The number of nitrogens with two attached hydrogens (primary N) is 1. The van der Waals surface area contributed by atoms with Crippen molar-refractivity contribution in [2.45, 2.75) is 31.9 Å². The minimum Gasteiger partial charge on any atom is -0.366 e. The Labute approximate surface area is 140 Å². The monoisotopic (exact) mass is 356 g/mol. The van der Waals surface area contributed by atoms with E-state index in [1.54, 1.807) is 0 Å². The summed E-state index contributed by atoms with van der Waals surface area (Å²) in [6, 6.07) is 4.05. The van der Waals surface area contributed by atoms with Gasteiger partial charge in [-0.05, 0) is 24.5 Å². The van der Waals surface area contributed by atoms with Crippen molar-refractivity contribution in [3.05, 3.63) is 29.3 Å². The lowest BCUT2D eigenvalue weighted by Crippen LogP contribution is -2.30. The van der Waals surface area contributed by atoms with Crippen LogP contribution in [-0.4, -0.2) is 30.1 Å². The van der Waals surface area contributed by atoms with Gasteiger partial charge in [0.05, 0.1) is 23.1 Å². The molecule has 1 saturated carbocycles. The minimum absolute atomic E-state index is 0.0691. The number of carbonyl (C=O) groups excluding carboxylic acids is 4. The van der Waals surface area contributed by atoms with Crippen LogP contribution in [0.4, 0.5) is 18.9 Å². The van der Waals surface area contributed by atoms with E-state index >= 15 is 0 Å². The molecule has 0 spiro atoms. The van der Waals surface area contributed by atoms with Crippen molar-refractivity contribution in [1.29, 1.82) is 0 Å². The number of alkyl halides is 3. The first-order valence-corrected chi connectivity index (χ1v) is 7.36. The van der Waals surface area contributed by atoms with Gasteiger partial charge in [-0.1, -0.05) is 12.1 Å². The molecule has 9 heteroatoms. The molecule has 2 amide bonds. The van der Waals surface area contributed by atoms with Gasteiger partial charge in [0, 0.05) is 6.42 Å². The predicted octanol–water partition coefficient (Wildman–Crippen LogP) is 1.77. The van der Waals surface area contributed by atoms with Crippen LogP contribution < -0.4 is 11.1 Å². The number of aldehydes is 1. The highest BCUT2D eigenvalue weighted by Crippen LogP contribution is 2.53. The van der Waals surface area contributed by atoms with Crippen molar-refractivity contribution in [2.24, 2.45) is 11.1 Å². The van der Waals surface area contributed by atoms with Gasteiger partial charge in [0.2, 0.25) is 5.91 Å². The lowest BCUT2D eigenvalue weighted by atomic mass is 9.98. The van der Waals surface area contributed by atoms with Gasteiger partial charge in [0.25, 0.3) is 5.91 Å². The first kappa shape index (κ1) is 18.6. The molecule has 0 aliphatic heterocycles. The van der Waals surface area contributed by atoms with Crippen molar-refractivity contribution in [3.63, 3.8) is 0 Å². The summed E-state index contributed by atoms with van der Waals surface area (Å²) < 4.78 is 38.0. The zero-order valence-corrected chi connectivity index (χ0v) is 13.0. The van der Waals surface area contributed by atoms with E-state index in [9.17, 15) is 32.3 Å². The molecule has 134 valence electrons. The maximum Gasteiger partial charge on any atom is 0.390 e. The summed E-state index contributed by atoms with van der Waals surface area (Å²) in [5, 5.41) is 2.31. The number of halogens is 3. The lowest BCUT2D eigenvalue weighted by Gasteiger charge is -2.19. The Hall–Kier alpha value is -2.71. The van der Waals surface area contributed by atoms with E-state index in [-0.39, 0.29) is 35.9 Å². The van der Waals surface area contributed by atoms with Crippen molar-refractivity contribution in [1.82, 2.24) is 0 Å². The molecule has 6 nitrogen and oxygen atoms in total. The van der Waals surface area contributed by atoms with E-state index in [1.807, 2.05) is 0 Å². The standard InChI is InChI=1S/C16H15F3N2O4/c17-16(18,19)8-15(4-5-15)14(25)21-12-9(6-10(23)7-22)2-1-3-11(12)13(20)24/h1-3,7H,4-6,8H2,(H2,20,24)(H,21,25). The fourth-order valence-electron chi connectivity index (χ4n) is 2.59. The van der Waals surface area contributed by atoms with E-state index in [0.717, 1.165) is 0 Å². The summed E-state index contributed by atoms with van der Waals surface area (Å²) in [6.07, 6.45) is -5.97. The second kappa shape index (κ2) is 6.66. The second-order valence-electron chi connectivity index (χ2n) is 5.99. The molecule has 3 N–H and O–H groups in total. The van der Waals surface area contributed by atoms with Gasteiger partial charge >= 0.3 is 6.18 Å². The molecule has 0 aromatic heterocycles. The Kier molecular flexibility index (Phi) is 4.96. The summed E-state index contributed by atoms with van der Waals surface area (Å²) in [5.41, 5.74) is 3.50. The molecule has 2 rings (SSSR count). The topological polar surface area (TPSA) is 106 Å². The molecule has 0 heterocycles. The van der Waals surface area contributed by atoms with Crippen LogP contribution in [-0.2, 0) is 20.8 Å².